The highest BCUT2D eigenvalue weighted by Gasteiger charge is 2.27. The van der Waals surface area contributed by atoms with Crippen molar-refractivity contribution < 1.29 is 13.6 Å². The molecule has 1 amide bonds. The van der Waals surface area contributed by atoms with Gasteiger partial charge in [-0.25, -0.2) is 13.8 Å². The van der Waals surface area contributed by atoms with Crippen molar-refractivity contribution >= 4 is 11.7 Å². The minimum Gasteiger partial charge on any atom is -0.335 e. The van der Waals surface area contributed by atoms with Gasteiger partial charge in [-0.3, -0.25) is 4.79 Å². The number of benzene rings is 1. The Morgan fingerprint density at radius 1 is 1.27 bits per heavy atom. The summed E-state index contributed by atoms with van der Waals surface area (Å²) in [6.45, 7) is 4.99. The van der Waals surface area contributed by atoms with Crippen LogP contribution in [0.1, 0.15) is 56.6 Å². The molecule has 0 bridgehead atoms. The number of rotatable bonds is 12. The summed E-state index contributed by atoms with van der Waals surface area (Å²) in [5, 5.41) is 9.82. The van der Waals surface area contributed by atoms with E-state index in [4.69, 9.17) is 0 Å². The van der Waals surface area contributed by atoms with Crippen molar-refractivity contribution in [1.29, 1.82) is 0 Å². The standard InChI is InChI=1S/C25H35F2N5O/c1-2-4-23(30-20-8-7-18-11-19(26)12-22(27)21(18)13-20)25(33)31-24-15-32(16-29-24)10-3-9-28-14-17-5-6-17/h11-12,15-17,20,23,28,30H,2-10,13-14H2,1H3,(H,31,33)/t20?,23-/m0/s1. The Hall–Kier alpha value is -2.32. The third kappa shape index (κ3) is 6.84. The molecule has 0 aliphatic heterocycles. The second-order valence-electron chi connectivity index (χ2n) is 9.46. The maximum atomic E-state index is 14.2. The lowest BCUT2D eigenvalue weighted by atomic mass is 9.87. The van der Waals surface area contributed by atoms with E-state index in [2.05, 4.69) is 20.9 Å². The topological polar surface area (TPSA) is 71.0 Å². The maximum Gasteiger partial charge on any atom is 0.242 e. The predicted molar refractivity (Wildman–Crippen MR) is 125 cm³/mol. The molecule has 0 spiro atoms. The minimum absolute atomic E-state index is 0.0274. The number of nitrogens with zero attached hydrogens (tertiary/aromatic N) is 2. The van der Waals surface area contributed by atoms with E-state index in [-0.39, 0.29) is 18.0 Å². The van der Waals surface area contributed by atoms with Gasteiger partial charge in [-0.05, 0) is 81.1 Å². The Morgan fingerprint density at radius 3 is 2.91 bits per heavy atom. The molecule has 1 fully saturated rings. The van der Waals surface area contributed by atoms with Crippen molar-refractivity contribution in [2.75, 3.05) is 18.4 Å². The molecule has 8 heteroatoms. The average Bonchev–Trinajstić information content (AvgIpc) is 3.51. The number of amides is 1. The zero-order valence-corrected chi connectivity index (χ0v) is 19.4. The van der Waals surface area contributed by atoms with E-state index < -0.39 is 11.6 Å². The first-order chi connectivity index (χ1) is 16.0. The van der Waals surface area contributed by atoms with Crippen LogP contribution in [0.25, 0.3) is 0 Å². The number of carbonyl (C=O) groups excluding carboxylic acids is 1. The van der Waals surface area contributed by atoms with Crippen molar-refractivity contribution in [2.45, 2.75) is 76.9 Å². The highest BCUT2D eigenvalue weighted by Crippen LogP contribution is 2.27. The van der Waals surface area contributed by atoms with Crippen LogP contribution in [0.3, 0.4) is 0 Å². The summed E-state index contributed by atoms with van der Waals surface area (Å²) >= 11 is 0. The van der Waals surface area contributed by atoms with Crippen molar-refractivity contribution in [1.82, 2.24) is 20.2 Å². The fourth-order valence-electron chi connectivity index (χ4n) is 4.57. The van der Waals surface area contributed by atoms with Gasteiger partial charge >= 0.3 is 0 Å². The van der Waals surface area contributed by atoms with E-state index in [1.807, 2.05) is 17.7 Å². The molecular formula is C25H35F2N5O. The normalized spacial score (nSPS) is 18.7. The molecule has 1 aromatic carbocycles. The van der Waals surface area contributed by atoms with E-state index in [1.165, 1.54) is 18.9 Å². The summed E-state index contributed by atoms with van der Waals surface area (Å²) in [6, 6.07) is 1.95. The summed E-state index contributed by atoms with van der Waals surface area (Å²) in [7, 11) is 0. The Bertz CT molecular complexity index is 943. The molecule has 3 N–H and O–H groups in total. The first-order valence-corrected chi connectivity index (χ1v) is 12.3. The number of aryl methyl sites for hydroxylation is 2. The highest BCUT2D eigenvalue weighted by molar-refractivity contribution is 5.94. The molecule has 4 rings (SSSR count). The molecular weight excluding hydrogens is 424 g/mol. The Kier molecular flexibility index (Phi) is 8.09. The molecule has 1 aromatic heterocycles. The Balaban J connectivity index is 1.27. The van der Waals surface area contributed by atoms with Crippen LogP contribution >= 0.6 is 0 Å². The molecule has 33 heavy (non-hydrogen) atoms. The van der Waals surface area contributed by atoms with E-state index in [1.54, 1.807) is 6.33 Å². The molecule has 0 radical (unpaired) electrons. The zero-order chi connectivity index (χ0) is 23.2. The van der Waals surface area contributed by atoms with Gasteiger partial charge in [0.15, 0.2) is 5.82 Å². The molecule has 180 valence electrons. The monoisotopic (exact) mass is 459 g/mol. The number of halogens is 2. The van der Waals surface area contributed by atoms with Crippen LogP contribution in [-0.4, -0.2) is 40.6 Å². The molecule has 2 aromatic rings. The number of anilines is 1. The van der Waals surface area contributed by atoms with E-state index in [9.17, 15) is 13.6 Å². The van der Waals surface area contributed by atoms with Crippen LogP contribution in [0.2, 0.25) is 0 Å². The van der Waals surface area contributed by atoms with Crippen LogP contribution in [0, 0.1) is 17.6 Å². The van der Waals surface area contributed by atoms with Crippen molar-refractivity contribution in [3.63, 3.8) is 0 Å². The fourth-order valence-corrected chi connectivity index (χ4v) is 4.57. The lowest BCUT2D eigenvalue weighted by molar-refractivity contribution is -0.118. The second-order valence-corrected chi connectivity index (χ2v) is 9.46. The number of hydrogen-bond donors (Lipinski definition) is 3. The van der Waals surface area contributed by atoms with Gasteiger partial charge in [0, 0.05) is 24.8 Å². The van der Waals surface area contributed by atoms with Crippen molar-refractivity contribution in [3.8, 4) is 0 Å². The predicted octanol–water partition coefficient (Wildman–Crippen LogP) is 3.81. The summed E-state index contributed by atoms with van der Waals surface area (Å²) in [4.78, 5) is 17.3. The molecule has 2 atom stereocenters. The maximum absolute atomic E-state index is 14.2. The fraction of sp³-hybridized carbons (Fsp3) is 0.600. The van der Waals surface area contributed by atoms with E-state index >= 15 is 0 Å². The summed E-state index contributed by atoms with van der Waals surface area (Å²) in [5.41, 5.74) is 1.29. The first kappa shape index (κ1) is 23.8. The number of imidazole rings is 1. The molecule has 1 heterocycles. The van der Waals surface area contributed by atoms with Crippen molar-refractivity contribution in [2.24, 2.45) is 5.92 Å². The summed E-state index contributed by atoms with van der Waals surface area (Å²) in [6.07, 6.45) is 10.7. The summed E-state index contributed by atoms with van der Waals surface area (Å²) < 4.78 is 29.7. The van der Waals surface area contributed by atoms with Gasteiger partial charge in [0.2, 0.25) is 5.91 Å². The van der Waals surface area contributed by atoms with E-state index in [0.29, 0.717) is 30.6 Å². The molecule has 1 saturated carbocycles. The van der Waals surface area contributed by atoms with Crippen LogP contribution < -0.4 is 16.0 Å². The van der Waals surface area contributed by atoms with Gasteiger partial charge in [0.25, 0.3) is 0 Å². The number of aromatic nitrogens is 2. The zero-order valence-electron chi connectivity index (χ0n) is 19.4. The largest absolute Gasteiger partial charge is 0.335 e. The van der Waals surface area contributed by atoms with Gasteiger partial charge in [-0.2, -0.15) is 0 Å². The summed E-state index contributed by atoms with van der Waals surface area (Å²) in [5.74, 6) is 0.272. The molecule has 1 unspecified atom stereocenters. The van der Waals surface area contributed by atoms with Crippen LogP contribution in [0.15, 0.2) is 24.7 Å². The number of nitrogens with one attached hydrogen (secondary N) is 3. The van der Waals surface area contributed by atoms with Crippen LogP contribution in [-0.2, 0) is 24.2 Å². The van der Waals surface area contributed by atoms with Crippen LogP contribution in [0.5, 0.6) is 0 Å². The SMILES string of the molecule is CCC[C@H](NC1CCc2cc(F)cc(F)c2C1)C(=O)Nc1cn(CCCNCC2CC2)cn1. The number of hydrogen-bond acceptors (Lipinski definition) is 4. The molecule has 0 saturated heterocycles. The van der Waals surface area contributed by atoms with Gasteiger partial charge in [-0.15, -0.1) is 0 Å². The number of fused-ring (bicyclic) bond motifs is 1. The third-order valence-electron chi connectivity index (χ3n) is 6.58. The van der Waals surface area contributed by atoms with Gasteiger partial charge < -0.3 is 20.5 Å². The van der Waals surface area contributed by atoms with Gasteiger partial charge in [-0.1, -0.05) is 13.3 Å². The number of carbonyl (C=O) groups is 1. The Morgan fingerprint density at radius 2 is 2.12 bits per heavy atom. The second kappa shape index (κ2) is 11.2. The van der Waals surface area contributed by atoms with Crippen molar-refractivity contribution in [3.05, 3.63) is 47.4 Å². The van der Waals surface area contributed by atoms with Gasteiger partial charge in [0.05, 0.1) is 12.4 Å². The van der Waals surface area contributed by atoms with Crippen LogP contribution in [0.4, 0.5) is 14.6 Å². The first-order valence-electron chi connectivity index (χ1n) is 12.3. The van der Waals surface area contributed by atoms with Gasteiger partial charge in [0.1, 0.15) is 11.6 Å². The van der Waals surface area contributed by atoms with E-state index in [0.717, 1.165) is 56.4 Å². The molecule has 6 nitrogen and oxygen atoms in total. The minimum atomic E-state index is -0.533. The molecule has 2 aliphatic carbocycles. The lowest BCUT2D eigenvalue weighted by Gasteiger charge is -2.29. The molecule has 2 aliphatic rings. The average molecular weight is 460 g/mol. The quantitative estimate of drug-likeness (QED) is 0.422. The highest BCUT2D eigenvalue weighted by atomic mass is 19.1. The smallest absolute Gasteiger partial charge is 0.242 e. The Labute approximate surface area is 194 Å². The third-order valence-corrected chi connectivity index (χ3v) is 6.58. The lowest BCUT2D eigenvalue weighted by Crippen LogP contribution is -2.48.